The van der Waals surface area contributed by atoms with Crippen molar-refractivity contribution in [1.82, 2.24) is 4.98 Å². The molecule has 0 aliphatic carbocycles. The molecule has 1 heterocycles. The van der Waals surface area contributed by atoms with Crippen LogP contribution >= 0.6 is 11.6 Å². The summed E-state index contributed by atoms with van der Waals surface area (Å²) < 4.78 is 5.32. The number of hydrogen-bond acceptors (Lipinski definition) is 2. The monoisotopic (exact) mass is 233 g/mol. The molecule has 0 aliphatic rings. The van der Waals surface area contributed by atoms with Crippen LogP contribution in [0.4, 0.5) is 0 Å². The quantitative estimate of drug-likeness (QED) is 0.789. The smallest absolute Gasteiger partial charge is 0.126 e. The third-order valence-electron chi connectivity index (χ3n) is 2.37. The van der Waals surface area contributed by atoms with E-state index in [2.05, 4.69) is 4.98 Å². The van der Waals surface area contributed by atoms with Crippen molar-refractivity contribution in [2.75, 3.05) is 7.11 Å². The Kier molecular flexibility index (Phi) is 3.11. The maximum atomic E-state index is 5.99. The van der Waals surface area contributed by atoms with E-state index in [0.717, 1.165) is 22.6 Å². The Bertz CT molecular complexity index is 511. The molecule has 82 valence electrons. The predicted molar refractivity (Wildman–Crippen MR) is 66.0 cm³/mol. The lowest BCUT2D eigenvalue weighted by Gasteiger charge is -2.09. The number of ether oxygens (including phenoxy) is 1. The van der Waals surface area contributed by atoms with E-state index in [1.807, 2.05) is 37.3 Å². The van der Waals surface area contributed by atoms with Gasteiger partial charge in [0.2, 0.25) is 0 Å². The minimum absolute atomic E-state index is 0.699. The molecule has 0 spiro atoms. The molecule has 0 radical (unpaired) electrons. The second-order valence-corrected chi connectivity index (χ2v) is 3.97. The van der Waals surface area contributed by atoms with Gasteiger partial charge in [-0.25, -0.2) is 0 Å². The lowest BCUT2D eigenvalue weighted by molar-refractivity contribution is 0.416. The largest absolute Gasteiger partial charge is 0.496 e. The summed E-state index contributed by atoms with van der Waals surface area (Å²) in [7, 11) is 1.65. The third-order valence-corrected chi connectivity index (χ3v) is 2.60. The van der Waals surface area contributed by atoms with E-state index in [4.69, 9.17) is 16.3 Å². The number of aromatic nitrogens is 1. The molecule has 0 fully saturated rings. The highest BCUT2D eigenvalue weighted by molar-refractivity contribution is 6.31. The Balaban J connectivity index is 2.58. The minimum Gasteiger partial charge on any atom is -0.496 e. The van der Waals surface area contributed by atoms with Gasteiger partial charge in [0.05, 0.1) is 7.11 Å². The van der Waals surface area contributed by atoms with Crippen LogP contribution in [0, 0.1) is 6.92 Å². The second kappa shape index (κ2) is 4.54. The Morgan fingerprint density at radius 1 is 1.19 bits per heavy atom. The molecular formula is C13H12ClNO. The standard InChI is InChI=1S/C13H12ClNO/c1-9-7-10(5-6-15-9)12-8-11(14)3-4-13(12)16-2/h3-8H,1-2H3. The van der Waals surface area contributed by atoms with Gasteiger partial charge < -0.3 is 4.74 Å². The zero-order valence-electron chi connectivity index (χ0n) is 9.20. The normalized spacial score (nSPS) is 10.2. The average Bonchev–Trinajstić information content (AvgIpc) is 2.29. The van der Waals surface area contributed by atoms with E-state index in [9.17, 15) is 0 Å². The summed E-state index contributed by atoms with van der Waals surface area (Å²) in [6.45, 7) is 1.96. The summed E-state index contributed by atoms with van der Waals surface area (Å²) in [4.78, 5) is 4.17. The molecule has 0 saturated heterocycles. The number of benzene rings is 1. The summed E-state index contributed by atoms with van der Waals surface area (Å²) in [5.74, 6) is 0.815. The minimum atomic E-state index is 0.699. The van der Waals surface area contributed by atoms with Crippen molar-refractivity contribution >= 4 is 11.6 Å². The fraction of sp³-hybridized carbons (Fsp3) is 0.154. The summed E-state index contributed by atoms with van der Waals surface area (Å²) >= 11 is 5.99. The molecule has 0 bridgehead atoms. The van der Waals surface area contributed by atoms with Crippen molar-refractivity contribution in [3.8, 4) is 16.9 Å². The molecule has 0 aliphatic heterocycles. The van der Waals surface area contributed by atoms with Crippen molar-refractivity contribution in [2.24, 2.45) is 0 Å². The lowest BCUT2D eigenvalue weighted by atomic mass is 10.1. The molecule has 1 aromatic heterocycles. The van der Waals surface area contributed by atoms with Gasteiger partial charge in [-0.15, -0.1) is 0 Å². The Morgan fingerprint density at radius 2 is 2.00 bits per heavy atom. The highest BCUT2D eigenvalue weighted by Gasteiger charge is 2.06. The van der Waals surface area contributed by atoms with Crippen LogP contribution in [0.5, 0.6) is 5.75 Å². The number of pyridine rings is 1. The van der Waals surface area contributed by atoms with Gasteiger partial charge in [-0.2, -0.15) is 0 Å². The Hall–Kier alpha value is -1.54. The average molecular weight is 234 g/mol. The molecular weight excluding hydrogens is 222 g/mol. The zero-order valence-corrected chi connectivity index (χ0v) is 9.95. The number of rotatable bonds is 2. The summed E-state index contributed by atoms with van der Waals surface area (Å²) in [5.41, 5.74) is 3.02. The van der Waals surface area contributed by atoms with E-state index in [-0.39, 0.29) is 0 Å². The van der Waals surface area contributed by atoms with Crippen molar-refractivity contribution in [3.63, 3.8) is 0 Å². The highest BCUT2D eigenvalue weighted by Crippen LogP contribution is 2.32. The molecule has 3 heteroatoms. The van der Waals surface area contributed by atoms with Crippen molar-refractivity contribution in [3.05, 3.63) is 47.2 Å². The molecule has 2 aromatic rings. The topological polar surface area (TPSA) is 22.1 Å². The van der Waals surface area contributed by atoms with Crippen LogP contribution < -0.4 is 4.74 Å². The summed E-state index contributed by atoms with van der Waals surface area (Å²) in [6.07, 6.45) is 1.78. The SMILES string of the molecule is COc1ccc(Cl)cc1-c1ccnc(C)c1. The number of methoxy groups -OCH3 is 1. The van der Waals surface area contributed by atoms with E-state index >= 15 is 0 Å². The van der Waals surface area contributed by atoms with Crippen LogP contribution in [-0.4, -0.2) is 12.1 Å². The molecule has 1 aromatic carbocycles. The Labute approximate surface area is 99.9 Å². The first-order valence-corrected chi connectivity index (χ1v) is 5.35. The van der Waals surface area contributed by atoms with Crippen LogP contribution in [0.15, 0.2) is 36.5 Å². The summed E-state index contributed by atoms with van der Waals surface area (Å²) in [5, 5.41) is 0.699. The second-order valence-electron chi connectivity index (χ2n) is 3.53. The lowest BCUT2D eigenvalue weighted by Crippen LogP contribution is -1.89. The van der Waals surface area contributed by atoms with Gasteiger partial charge in [0.25, 0.3) is 0 Å². The first-order chi connectivity index (χ1) is 7.70. The molecule has 0 unspecified atom stereocenters. The van der Waals surface area contributed by atoms with Crippen LogP contribution in [0.3, 0.4) is 0 Å². The fourth-order valence-corrected chi connectivity index (χ4v) is 1.79. The van der Waals surface area contributed by atoms with Crippen LogP contribution in [0.2, 0.25) is 5.02 Å². The number of nitrogens with zero attached hydrogens (tertiary/aromatic N) is 1. The molecule has 2 nitrogen and oxygen atoms in total. The van der Waals surface area contributed by atoms with Crippen molar-refractivity contribution < 1.29 is 4.74 Å². The summed E-state index contributed by atoms with van der Waals surface area (Å²) in [6, 6.07) is 9.54. The van der Waals surface area contributed by atoms with Gasteiger partial charge >= 0.3 is 0 Å². The van der Waals surface area contributed by atoms with Gasteiger partial charge in [-0.05, 0) is 42.8 Å². The van der Waals surface area contributed by atoms with Gasteiger partial charge in [0, 0.05) is 22.5 Å². The maximum Gasteiger partial charge on any atom is 0.126 e. The predicted octanol–water partition coefficient (Wildman–Crippen LogP) is 3.72. The van der Waals surface area contributed by atoms with E-state index < -0.39 is 0 Å². The van der Waals surface area contributed by atoms with Crippen molar-refractivity contribution in [2.45, 2.75) is 6.92 Å². The van der Waals surface area contributed by atoms with E-state index in [1.54, 1.807) is 13.3 Å². The molecule has 2 rings (SSSR count). The molecule has 0 atom stereocenters. The van der Waals surface area contributed by atoms with Crippen molar-refractivity contribution in [1.29, 1.82) is 0 Å². The molecule has 0 saturated carbocycles. The van der Waals surface area contributed by atoms with Crippen LogP contribution in [-0.2, 0) is 0 Å². The molecule has 0 N–H and O–H groups in total. The Morgan fingerprint density at radius 3 is 2.69 bits per heavy atom. The maximum absolute atomic E-state index is 5.99. The van der Waals surface area contributed by atoms with Crippen LogP contribution in [0.25, 0.3) is 11.1 Å². The van der Waals surface area contributed by atoms with Gasteiger partial charge in [-0.3, -0.25) is 4.98 Å². The van der Waals surface area contributed by atoms with E-state index in [0.29, 0.717) is 5.02 Å². The van der Waals surface area contributed by atoms with E-state index in [1.165, 1.54) is 0 Å². The van der Waals surface area contributed by atoms with Gasteiger partial charge in [0.1, 0.15) is 5.75 Å². The first kappa shape index (κ1) is 11.0. The first-order valence-electron chi connectivity index (χ1n) is 4.97. The third kappa shape index (κ3) is 2.17. The fourth-order valence-electron chi connectivity index (χ4n) is 1.62. The molecule has 0 amide bonds. The number of hydrogen-bond donors (Lipinski definition) is 0. The van der Waals surface area contributed by atoms with Crippen LogP contribution in [0.1, 0.15) is 5.69 Å². The molecule has 16 heavy (non-hydrogen) atoms. The highest BCUT2D eigenvalue weighted by atomic mass is 35.5. The van der Waals surface area contributed by atoms with Gasteiger partial charge in [0.15, 0.2) is 0 Å². The van der Waals surface area contributed by atoms with Gasteiger partial charge in [-0.1, -0.05) is 11.6 Å². The number of halogens is 1. The number of aryl methyl sites for hydroxylation is 1. The zero-order chi connectivity index (χ0) is 11.5.